The molecular weight excluding hydrogens is 522 g/mol. The maximum atomic E-state index is 14.0. The van der Waals surface area contributed by atoms with E-state index in [1.807, 2.05) is 13.8 Å². The molecule has 10 heteroatoms. The Morgan fingerprint density at radius 3 is 2.49 bits per heavy atom. The second-order valence-corrected chi connectivity index (χ2v) is 10.4. The van der Waals surface area contributed by atoms with E-state index in [1.165, 1.54) is 18.2 Å². The quantitative estimate of drug-likeness (QED) is 0.145. The van der Waals surface area contributed by atoms with Gasteiger partial charge in [0.1, 0.15) is 29.9 Å². The van der Waals surface area contributed by atoms with Crippen LogP contribution in [0.15, 0.2) is 54.5 Å². The zero-order valence-corrected chi connectivity index (χ0v) is 23.7. The van der Waals surface area contributed by atoms with Crippen LogP contribution in [0.5, 0.6) is 0 Å². The van der Waals surface area contributed by atoms with E-state index in [1.54, 1.807) is 25.3 Å². The first-order valence-corrected chi connectivity index (χ1v) is 14.6. The fraction of sp³-hybridized carbons (Fsp3) is 0.556. The molecule has 1 aromatic carbocycles. The Morgan fingerprint density at radius 2 is 1.89 bits per heavy atom. The van der Waals surface area contributed by atoms with Crippen molar-refractivity contribution in [3.05, 3.63) is 70.9 Å². The number of aliphatic hydroxyl groups excluding tert-OH is 3. The molecule has 0 radical (unpaired) electrons. The fourth-order valence-corrected chi connectivity index (χ4v) is 5.26. The second-order valence-electron chi connectivity index (χ2n) is 8.22. The van der Waals surface area contributed by atoms with Crippen LogP contribution in [0.25, 0.3) is 0 Å². The van der Waals surface area contributed by atoms with E-state index in [9.17, 15) is 24.6 Å². The molecule has 7 nitrogen and oxygen atoms in total. The zero-order chi connectivity index (χ0) is 28.0. The topological polar surface area (TPSA) is 109 Å². The lowest BCUT2D eigenvalue weighted by molar-refractivity contribution is -0.285. The Kier molecular flexibility index (Phi) is 16.2. The Morgan fingerprint density at radius 1 is 1.19 bits per heavy atom. The highest BCUT2D eigenvalue weighted by molar-refractivity contribution is 7.50. The number of methoxy groups -OCH3 is 1. The van der Waals surface area contributed by atoms with Crippen LogP contribution in [-0.2, 0) is 20.4 Å². The van der Waals surface area contributed by atoms with Crippen molar-refractivity contribution in [2.75, 3.05) is 13.3 Å². The first-order valence-electron chi connectivity index (χ1n) is 12.5. The van der Waals surface area contributed by atoms with Gasteiger partial charge < -0.3 is 34.4 Å². The van der Waals surface area contributed by atoms with Gasteiger partial charge in [-0.3, -0.25) is 0 Å². The number of unbranched alkanes of at least 4 members (excludes halogenated alkanes) is 1. The van der Waals surface area contributed by atoms with Crippen molar-refractivity contribution in [2.24, 2.45) is 0 Å². The minimum absolute atomic E-state index is 0.0459. The van der Waals surface area contributed by atoms with Gasteiger partial charge in [-0.2, -0.15) is 0 Å². The van der Waals surface area contributed by atoms with Crippen LogP contribution in [0.3, 0.4) is 0 Å². The van der Waals surface area contributed by atoms with Crippen LogP contribution in [0.1, 0.15) is 52.0 Å². The normalized spacial score (nSPS) is 25.1. The number of rotatable bonds is 13. The molecule has 0 saturated carbocycles. The highest BCUT2D eigenvalue weighted by atomic mass is 35.5. The molecule has 1 saturated heterocycles. The number of halogens is 2. The van der Waals surface area contributed by atoms with Crippen LogP contribution < -0.4 is 0 Å². The number of benzene rings is 1. The smallest absolute Gasteiger partial charge is 0.229 e. The summed E-state index contributed by atoms with van der Waals surface area (Å²) in [5.41, 5.74) is 0.229. The summed E-state index contributed by atoms with van der Waals surface area (Å²) in [5, 5.41) is 31.3. The van der Waals surface area contributed by atoms with Crippen molar-refractivity contribution in [1.82, 2.24) is 0 Å². The molecule has 0 bridgehead atoms. The maximum Gasteiger partial charge on any atom is 0.229 e. The van der Waals surface area contributed by atoms with Crippen molar-refractivity contribution < 1.29 is 38.8 Å². The standard InChI is InChI=1S/C25H35ClFO7P.C2H6/c1-4-6-8-17(32-3)12-11-16(5-2)33-25-24(30)23(29)22(28)21(34-25)13-14-35(31)15-18-19(26)9-7-10-20(18)27;1-2/h5,7,9-12,21-25,28-31H,2,4,6,8,13-15H2,1,3H3;1-2H3/b16-11+,17-12+;/t21?,22-,23?,24?,25+,35?;/m1./s1. The van der Waals surface area contributed by atoms with Gasteiger partial charge in [0.25, 0.3) is 0 Å². The summed E-state index contributed by atoms with van der Waals surface area (Å²) in [6, 6.07) is 4.32. The molecule has 1 aromatic rings. The summed E-state index contributed by atoms with van der Waals surface area (Å²) in [7, 11) is -0.0831. The SMILES string of the molecule is C=C/C(=C\C=C(/CCCC)OC)O[C@H]1OC(CCP(O)Cc2c(F)cccc2Cl)[C@@H](O)C(O)C1O.CC. The average Bonchev–Trinajstić information content (AvgIpc) is 2.90. The number of hydrogen-bond donors (Lipinski definition) is 4. The van der Waals surface area contributed by atoms with Gasteiger partial charge in [0.05, 0.1) is 19.0 Å². The van der Waals surface area contributed by atoms with E-state index in [4.69, 9.17) is 25.8 Å². The van der Waals surface area contributed by atoms with Crippen LogP contribution in [0.2, 0.25) is 5.02 Å². The van der Waals surface area contributed by atoms with E-state index in [0.29, 0.717) is 0 Å². The molecule has 0 aliphatic carbocycles. The first-order chi connectivity index (χ1) is 17.7. The molecule has 4 N–H and O–H groups in total. The number of allylic oxidation sites excluding steroid dienone is 4. The van der Waals surface area contributed by atoms with Gasteiger partial charge in [-0.05, 0) is 49.4 Å². The van der Waals surface area contributed by atoms with Crippen molar-refractivity contribution in [3.8, 4) is 0 Å². The minimum atomic E-state index is -1.66. The summed E-state index contributed by atoms with van der Waals surface area (Å²) >= 11 is 6.03. The van der Waals surface area contributed by atoms with Crippen molar-refractivity contribution in [3.63, 3.8) is 0 Å². The van der Waals surface area contributed by atoms with Crippen LogP contribution in [-0.4, -0.2) is 64.2 Å². The lowest BCUT2D eigenvalue weighted by atomic mass is 9.97. The summed E-state index contributed by atoms with van der Waals surface area (Å²) < 4.78 is 30.8. The second kappa shape index (κ2) is 17.9. The lowest BCUT2D eigenvalue weighted by Gasteiger charge is -2.40. The van der Waals surface area contributed by atoms with Crippen LogP contribution in [0, 0.1) is 5.82 Å². The Hall–Kier alpha value is -1.51. The molecule has 2 rings (SSSR count). The molecule has 4 unspecified atom stereocenters. The van der Waals surface area contributed by atoms with E-state index >= 15 is 0 Å². The first kappa shape index (κ1) is 33.5. The van der Waals surface area contributed by atoms with Crippen LogP contribution >= 0.6 is 19.7 Å². The number of aliphatic hydroxyl groups is 3. The third-order valence-electron chi connectivity index (χ3n) is 5.67. The van der Waals surface area contributed by atoms with Gasteiger partial charge in [-0.1, -0.05) is 51.4 Å². The molecule has 1 aliphatic heterocycles. The molecule has 6 atom stereocenters. The van der Waals surface area contributed by atoms with Gasteiger partial charge in [0.2, 0.25) is 6.29 Å². The predicted molar refractivity (Wildman–Crippen MR) is 146 cm³/mol. The van der Waals surface area contributed by atoms with E-state index in [2.05, 4.69) is 13.5 Å². The molecule has 0 amide bonds. The predicted octanol–water partition coefficient (Wildman–Crippen LogP) is 5.40. The van der Waals surface area contributed by atoms with Crippen molar-refractivity contribution in [2.45, 2.75) is 83.3 Å². The average molecular weight is 563 g/mol. The molecule has 37 heavy (non-hydrogen) atoms. The molecule has 1 heterocycles. The monoisotopic (exact) mass is 562 g/mol. The third kappa shape index (κ3) is 10.6. The summed E-state index contributed by atoms with van der Waals surface area (Å²) in [6.07, 6.45) is 1.28. The Labute approximate surface area is 226 Å². The van der Waals surface area contributed by atoms with Crippen LogP contribution in [0.4, 0.5) is 4.39 Å². The fourth-order valence-electron chi connectivity index (χ4n) is 3.54. The highest BCUT2D eigenvalue weighted by Crippen LogP contribution is 2.40. The summed E-state index contributed by atoms with van der Waals surface area (Å²) in [4.78, 5) is 10.5. The van der Waals surface area contributed by atoms with Crippen molar-refractivity contribution >= 4 is 19.7 Å². The maximum absolute atomic E-state index is 14.0. The molecular formula is C27H41ClFO7P. The van der Waals surface area contributed by atoms with Gasteiger partial charge in [0.15, 0.2) is 0 Å². The Bertz CT molecular complexity index is 862. The van der Waals surface area contributed by atoms with Gasteiger partial charge in [-0.25, -0.2) is 4.39 Å². The summed E-state index contributed by atoms with van der Waals surface area (Å²) in [5.74, 6) is 0.532. The van der Waals surface area contributed by atoms with Gasteiger partial charge in [0, 0.05) is 31.3 Å². The zero-order valence-electron chi connectivity index (χ0n) is 22.0. The highest BCUT2D eigenvalue weighted by Gasteiger charge is 2.44. The Balaban J connectivity index is 0.00000334. The van der Waals surface area contributed by atoms with Crippen molar-refractivity contribution in [1.29, 1.82) is 0 Å². The number of hydrogen-bond acceptors (Lipinski definition) is 7. The lowest BCUT2D eigenvalue weighted by Crippen LogP contribution is -2.58. The number of ether oxygens (including phenoxy) is 3. The van der Waals surface area contributed by atoms with Gasteiger partial charge in [-0.15, -0.1) is 0 Å². The molecule has 0 aromatic heterocycles. The third-order valence-corrected chi connectivity index (χ3v) is 7.48. The molecule has 210 valence electrons. The van der Waals surface area contributed by atoms with Gasteiger partial charge >= 0.3 is 0 Å². The van der Waals surface area contributed by atoms with E-state index in [0.717, 1.165) is 25.0 Å². The van der Waals surface area contributed by atoms with E-state index in [-0.39, 0.29) is 35.1 Å². The molecule has 1 aliphatic rings. The van der Waals surface area contributed by atoms with E-state index < -0.39 is 44.7 Å². The molecule has 0 spiro atoms. The largest absolute Gasteiger partial charge is 0.501 e. The summed E-state index contributed by atoms with van der Waals surface area (Å²) in [6.45, 7) is 9.78. The minimum Gasteiger partial charge on any atom is -0.501 e. The molecule has 1 fully saturated rings.